The van der Waals surface area contributed by atoms with Gasteiger partial charge in [0.2, 0.25) is 5.91 Å². The first-order valence-corrected chi connectivity index (χ1v) is 8.84. The van der Waals surface area contributed by atoms with Gasteiger partial charge in [0.1, 0.15) is 11.6 Å². The Labute approximate surface area is 145 Å². The Bertz CT molecular complexity index is 796. The van der Waals surface area contributed by atoms with Gasteiger partial charge in [-0.25, -0.2) is 13.8 Å². The summed E-state index contributed by atoms with van der Waals surface area (Å²) in [5.74, 6) is -1.35. The van der Waals surface area contributed by atoms with E-state index >= 15 is 0 Å². The summed E-state index contributed by atoms with van der Waals surface area (Å²) >= 11 is 0. The van der Waals surface area contributed by atoms with Crippen molar-refractivity contribution in [3.05, 3.63) is 53.6 Å². The highest BCUT2D eigenvalue weighted by Crippen LogP contribution is 2.40. The van der Waals surface area contributed by atoms with Gasteiger partial charge < -0.3 is 9.88 Å². The van der Waals surface area contributed by atoms with Crippen molar-refractivity contribution in [3.8, 4) is 0 Å². The molecule has 6 heteroatoms. The summed E-state index contributed by atoms with van der Waals surface area (Å²) in [6.07, 6.45) is 8.20. The highest BCUT2D eigenvalue weighted by molar-refractivity contribution is 5.80. The minimum atomic E-state index is -0.716. The van der Waals surface area contributed by atoms with E-state index in [1.165, 1.54) is 12.1 Å². The fourth-order valence-electron chi connectivity index (χ4n) is 4.25. The molecule has 1 atom stereocenters. The molecule has 0 saturated heterocycles. The molecule has 1 aliphatic heterocycles. The second kappa shape index (κ2) is 6.24. The van der Waals surface area contributed by atoms with Gasteiger partial charge in [0.25, 0.3) is 0 Å². The van der Waals surface area contributed by atoms with E-state index in [2.05, 4.69) is 14.9 Å². The topological polar surface area (TPSA) is 46.9 Å². The number of carbonyl (C=O) groups excluding carboxylic acids is 1. The molecule has 0 spiro atoms. The largest absolute Gasteiger partial charge is 0.346 e. The van der Waals surface area contributed by atoms with Crippen LogP contribution in [0.5, 0.6) is 0 Å². The standard InChI is InChI=1S/C19H21F2N3O/c20-14-3-4-16(17(21)10-14)19(6-1-2-7-19)23-18(25)13-5-8-24-12-22-11-15(24)9-13/h3-4,10-13H,1-2,5-9H2,(H,23,25)/t13-/m0/s1. The molecule has 132 valence electrons. The zero-order valence-electron chi connectivity index (χ0n) is 14.0. The van der Waals surface area contributed by atoms with Crippen molar-refractivity contribution in [1.82, 2.24) is 14.9 Å². The van der Waals surface area contributed by atoms with Crippen LogP contribution in [0.3, 0.4) is 0 Å². The number of fused-ring (bicyclic) bond motifs is 1. The third-order valence-corrected chi connectivity index (χ3v) is 5.61. The molecule has 1 amide bonds. The van der Waals surface area contributed by atoms with E-state index in [0.29, 0.717) is 24.8 Å². The van der Waals surface area contributed by atoms with Crippen molar-refractivity contribution in [2.75, 3.05) is 0 Å². The number of carbonyl (C=O) groups is 1. The van der Waals surface area contributed by atoms with Crippen LogP contribution in [-0.2, 0) is 23.3 Å². The number of aromatic nitrogens is 2. The maximum absolute atomic E-state index is 14.4. The minimum absolute atomic E-state index is 0.0434. The van der Waals surface area contributed by atoms with E-state index in [4.69, 9.17) is 0 Å². The highest BCUT2D eigenvalue weighted by Gasteiger charge is 2.40. The summed E-state index contributed by atoms with van der Waals surface area (Å²) in [7, 11) is 0. The molecule has 2 aromatic rings. The van der Waals surface area contributed by atoms with E-state index in [-0.39, 0.29) is 11.8 Å². The second-order valence-electron chi connectivity index (χ2n) is 7.17. The number of nitrogens with one attached hydrogen (secondary N) is 1. The summed E-state index contributed by atoms with van der Waals surface area (Å²) < 4.78 is 29.7. The first-order chi connectivity index (χ1) is 12.1. The van der Waals surface area contributed by atoms with Gasteiger partial charge in [0.05, 0.1) is 11.9 Å². The molecule has 1 aromatic carbocycles. The van der Waals surface area contributed by atoms with Crippen molar-refractivity contribution in [2.45, 2.75) is 50.6 Å². The molecule has 1 fully saturated rings. The molecule has 0 radical (unpaired) electrons. The molecule has 2 aliphatic rings. The Morgan fingerprint density at radius 3 is 2.84 bits per heavy atom. The van der Waals surface area contributed by atoms with Crippen LogP contribution in [0, 0.1) is 17.6 Å². The highest BCUT2D eigenvalue weighted by atomic mass is 19.1. The number of hydrogen-bond donors (Lipinski definition) is 1. The number of rotatable bonds is 3. The Balaban J connectivity index is 1.57. The Morgan fingerprint density at radius 1 is 1.28 bits per heavy atom. The van der Waals surface area contributed by atoms with Gasteiger partial charge in [-0.05, 0) is 25.3 Å². The van der Waals surface area contributed by atoms with Crippen LogP contribution in [0.15, 0.2) is 30.7 Å². The van der Waals surface area contributed by atoms with Crippen LogP contribution in [0.4, 0.5) is 8.78 Å². The summed E-state index contributed by atoms with van der Waals surface area (Å²) in [5.41, 5.74) is 0.743. The van der Waals surface area contributed by atoms with Gasteiger partial charge in [-0.3, -0.25) is 4.79 Å². The van der Waals surface area contributed by atoms with Crippen LogP contribution in [0.2, 0.25) is 0 Å². The Hall–Kier alpha value is -2.24. The number of imidazole rings is 1. The summed E-state index contributed by atoms with van der Waals surface area (Å²) in [6, 6.07) is 3.65. The first-order valence-electron chi connectivity index (χ1n) is 8.84. The molecule has 1 N–H and O–H groups in total. The number of hydrogen-bond acceptors (Lipinski definition) is 2. The molecular weight excluding hydrogens is 324 g/mol. The molecular formula is C19H21F2N3O. The zero-order chi connectivity index (χ0) is 17.4. The molecule has 4 nitrogen and oxygen atoms in total. The molecule has 0 bridgehead atoms. The van der Waals surface area contributed by atoms with E-state index < -0.39 is 17.2 Å². The quantitative estimate of drug-likeness (QED) is 0.928. The minimum Gasteiger partial charge on any atom is -0.346 e. The predicted molar refractivity (Wildman–Crippen MR) is 88.7 cm³/mol. The van der Waals surface area contributed by atoms with Crippen molar-refractivity contribution < 1.29 is 13.6 Å². The Kier molecular flexibility index (Phi) is 4.06. The van der Waals surface area contributed by atoms with E-state index in [0.717, 1.165) is 37.6 Å². The Morgan fingerprint density at radius 2 is 2.08 bits per heavy atom. The molecule has 25 heavy (non-hydrogen) atoms. The summed E-state index contributed by atoms with van der Waals surface area (Å²) in [6.45, 7) is 0.769. The first kappa shape index (κ1) is 16.2. The summed E-state index contributed by atoms with van der Waals surface area (Å²) in [5, 5.41) is 3.13. The number of benzene rings is 1. The van der Waals surface area contributed by atoms with E-state index in [1.54, 1.807) is 12.5 Å². The molecule has 1 saturated carbocycles. The van der Waals surface area contributed by atoms with Crippen molar-refractivity contribution in [2.24, 2.45) is 5.92 Å². The SMILES string of the molecule is O=C(NC1(c2ccc(F)cc2F)CCCC1)[C@H]1CCn2cncc2C1. The average molecular weight is 345 g/mol. The maximum Gasteiger partial charge on any atom is 0.224 e. The summed E-state index contributed by atoms with van der Waals surface area (Å²) in [4.78, 5) is 17.0. The van der Waals surface area contributed by atoms with Gasteiger partial charge in [-0.2, -0.15) is 0 Å². The van der Waals surface area contributed by atoms with Crippen LogP contribution < -0.4 is 5.32 Å². The van der Waals surface area contributed by atoms with Crippen LogP contribution in [0.1, 0.15) is 43.4 Å². The van der Waals surface area contributed by atoms with Crippen molar-refractivity contribution in [3.63, 3.8) is 0 Å². The van der Waals surface area contributed by atoms with E-state index in [9.17, 15) is 13.6 Å². The third kappa shape index (κ3) is 2.94. The van der Waals surface area contributed by atoms with Gasteiger partial charge in [0.15, 0.2) is 0 Å². The maximum atomic E-state index is 14.4. The normalized spacial score (nSPS) is 21.8. The lowest BCUT2D eigenvalue weighted by atomic mass is 9.86. The van der Waals surface area contributed by atoms with Gasteiger partial charge >= 0.3 is 0 Å². The van der Waals surface area contributed by atoms with Gasteiger partial charge in [-0.15, -0.1) is 0 Å². The molecule has 1 aromatic heterocycles. The number of nitrogens with zero attached hydrogens (tertiary/aromatic N) is 2. The van der Waals surface area contributed by atoms with Crippen LogP contribution in [0.25, 0.3) is 0 Å². The van der Waals surface area contributed by atoms with Crippen molar-refractivity contribution in [1.29, 1.82) is 0 Å². The van der Waals surface area contributed by atoms with E-state index in [1.807, 2.05) is 0 Å². The molecule has 2 heterocycles. The van der Waals surface area contributed by atoms with Gasteiger partial charge in [-0.1, -0.05) is 18.9 Å². The number of halogens is 2. The average Bonchev–Trinajstić information content (AvgIpc) is 3.23. The van der Waals surface area contributed by atoms with Crippen LogP contribution >= 0.6 is 0 Å². The smallest absolute Gasteiger partial charge is 0.224 e. The lowest BCUT2D eigenvalue weighted by Gasteiger charge is -2.34. The fraction of sp³-hybridized carbons (Fsp3) is 0.474. The zero-order valence-corrected chi connectivity index (χ0v) is 14.0. The molecule has 4 rings (SSSR count). The fourth-order valence-corrected chi connectivity index (χ4v) is 4.25. The monoisotopic (exact) mass is 345 g/mol. The lowest BCUT2D eigenvalue weighted by molar-refractivity contribution is -0.127. The number of amides is 1. The molecule has 0 unspecified atom stereocenters. The lowest BCUT2D eigenvalue weighted by Crippen LogP contribution is -2.48. The molecule has 1 aliphatic carbocycles. The van der Waals surface area contributed by atoms with Crippen LogP contribution in [-0.4, -0.2) is 15.5 Å². The predicted octanol–water partition coefficient (Wildman–Crippen LogP) is 3.31. The third-order valence-electron chi connectivity index (χ3n) is 5.61. The second-order valence-corrected chi connectivity index (χ2v) is 7.17. The van der Waals surface area contributed by atoms with Crippen molar-refractivity contribution >= 4 is 5.91 Å². The van der Waals surface area contributed by atoms with Gasteiger partial charge in [0, 0.05) is 42.4 Å². The number of aryl methyl sites for hydroxylation is 1.